The highest BCUT2D eigenvalue weighted by Crippen LogP contribution is 2.43. The molecule has 1 aliphatic heterocycles. The van der Waals surface area contributed by atoms with Crippen LogP contribution in [0.25, 0.3) is 5.76 Å². The molecule has 0 bridgehead atoms. The predicted molar refractivity (Wildman–Crippen MR) is 139 cm³/mol. The van der Waals surface area contributed by atoms with Crippen molar-refractivity contribution in [3.63, 3.8) is 0 Å². The summed E-state index contributed by atoms with van der Waals surface area (Å²) in [6.45, 7) is 8.03. The first-order valence-electron chi connectivity index (χ1n) is 11.5. The number of hydrogen-bond donors (Lipinski definition) is 1. The van der Waals surface area contributed by atoms with Gasteiger partial charge in [-0.2, -0.15) is 0 Å². The summed E-state index contributed by atoms with van der Waals surface area (Å²) in [7, 11) is 1.54. The Bertz CT molecular complexity index is 1390. The Morgan fingerprint density at radius 2 is 1.69 bits per heavy atom. The number of rotatable bonds is 4. The Hall–Kier alpha value is -3.64. The molecular weight excluding hydrogens is 481 g/mol. The number of amides is 1. The summed E-state index contributed by atoms with van der Waals surface area (Å²) in [4.78, 5) is 27.9. The molecule has 36 heavy (non-hydrogen) atoms. The normalized spacial score (nSPS) is 17.5. The number of Topliss-reactive ketones (excluding diaryl/α,β-unsaturated/α-hetero) is 1. The maximum absolute atomic E-state index is 13.9. The van der Waals surface area contributed by atoms with Crippen molar-refractivity contribution in [2.75, 3.05) is 12.0 Å². The second-order valence-electron chi connectivity index (χ2n) is 9.82. The molecule has 0 radical (unpaired) electrons. The van der Waals surface area contributed by atoms with Gasteiger partial charge >= 0.3 is 0 Å². The van der Waals surface area contributed by atoms with Gasteiger partial charge in [-0.15, -0.1) is 0 Å². The van der Waals surface area contributed by atoms with E-state index >= 15 is 0 Å². The lowest BCUT2D eigenvalue weighted by Gasteiger charge is -2.27. The number of carbonyl (C=O) groups excluding carboxylic acids is 2. The molecule has 0 spiro atoms. The number of halogens is 2. The van der Waals surface area contributed by atoms with Crippen molar-refractivity contribution in [2.24, 2.45) is 0 Å². The van der Waals surface area contributed by atoms with Gasteiger partial charge in [-0.25, -0.2) is 4.39 Å². The van der Waals surface area contributed by atoms with Gasteiger partial charge in [-0.3, -0.25) is 14.5 Å². The third kappa shape index (κ3) is 4.49. The van der Waals surface area contributed by atoms with Crippen molar-refractivity contribution in [1.29, 1.82) is 0 Å². The molecule has 1 unspecified atom stereocenters. The van der Waals surface area contributed by atoms with E-state index in [4.69, 9.17) is 16.3 Å². The molecule has 3 aromatic rings. The van der Waals surface area contributed by atoms with E-state index in [0.29, 0.717) is 22.4 Å². The number of carbonyl (C=O) groups is 2. The first-order valence-corrected chi connectivity index (χ1v) is 11.8. The Kier molecular flexibility index (Phi) is 6.67. The molecule has 1 heterocycles. The number of aliphatic hydroxyl groups is 1. The van der Waals surface area contributed by atoms with Crippen LogP contribution in [-0.4, -0.2) is 23.9 Å². The van der Waals surface area contributed by atoms with E-state index in [1.807, 2.05) is 24.3 Å². The fourth-order valence-electron chi connectivity index (χ4n) is 4.39. The lowest BCUT2D eigenvalue weighted by Crippen LogP contribution is -2.29. The summed E-state index contributed by atoms with van der Waals surface area (Å²) >= 11 is 6.01. The first-order chi connectivity index (χ1) is 16.9. The van der Waals surface area contributed by atoms with Gasteiger partial charge in [0.25, 0.3) is 11.7 Å². The third-order valence-electron chi connectivity index (χ3n) is 6.41. The molecular formula is C29H27ClFNO4. The predicted octanol–water partition coefficient (Wildman–Crippen LogP) is 6.72. The molecule has 186 valence electrons. The van der Waals surface area contributed by atoms with Crippen LogP contribution in [0.5, 0.6) is 5.75 Å². The lowest BCUT2D eigenvalue weighted by atomic mass is 9.85. The van der Waals surface area contributed by atoms with E-state index in [1.165, 1.54) is 24.1 Å². The zero-order valence-corrected chi connectivity index (χ0v) is 21.5. The van der Waals surface area contributed by atoms with Gasteiger partial charge in [0.1, 0.15) is 17.3 Å². The summed E-state index contributed by atoms with van der Waals surface area (Å²) in [6, 6.07) is 15.5. The van der Waals surface area contributed by atoms with Crippen molar-refractivity contribution in [2.45, 2.75) is 39.2 Å². The molecule has 1 N–H and O–H groups in total. The summed E-state index contributed by atoms with van der Waals surface area (Å²) in [5.74, 6) is -2.02. The van der Waals surface area contributed by atoms with Crippen LogP contribution in [0.3, 0.4) is 0 Å². The number of aryl methyl sites for hydroxylation is 1. The average Bonchev–Trinajstić information content (AvgIpc) is 3.10. The van der Waals surface area contributed by atoms with E-state index in [1.54, 1.807) is 25.1 Å². The van der Waals surface area contributed by atoms with Gasteiger partial charge < -0.3 is 9.84 Å². The highest BCUT2D eigenvalue weighted by Gasteiger charge is 2.47. The Labute approximate surface area is 214 Å². The second kappa shape index (κ2) is 9.43. The van der Waals surface area contributed by atoms with Crippen LogP contribution in [0.15, 0.2) is 66.2 Å². The standard InChI is InChI=1S/C29H27ClFNO4/c1-16-14-20(36-5)11-12-21(16)26(33)24-25(17-6-8-18(9-7-17)29(2,3)4)32(28(35)27(24)34)19-10-13-23(31)22(30)15-19/h6-15,25,33H,1-5H3/b26-24+. The number of nitrogens with zero attached hydrogens (tertiary/aromatic N) is 1. The zero-order chi connectivity index (χ0) is 26.4. The summed E-state index contributed by atoms with van der Waals surface area (Å²) in [5.41, 5.74) is 2.85. The number of benzene rings is 3. The van der Waals surface area contributed by atoms with E-state index in [0.717, 1.165) is 11.6 Å². The van der Waals surface area contributed by atoms with Crippen LogP contribution in [0, 0.1) is 12.7 Å². The Morgan fingerprint density at radius 1 is 1.03 bits per heavy atom. The van der Waals surface area contributed by atoms with Crippen LogP contribution < -0.4 is 9.64 Å². The van der Waals surface area contributed by atoms with Crippen LogP contribution in [-0.2, 0) is 15.0 Å². The molecule has 0 aromatic heterocycles. The van der Waals surface area contributed by atoms with Crippen LogP contribution in [0.1, 0.15) is 49.1 Å². The number of ketones is 1. The smallest absolute Gasteiger partial charge is 0.300 e. The highest BCUT2D eigenvalue weighted by atomic mass is 35.5. The van der Waals surface area contributed by atoms with Crippen molar-refractivity contribution >= 4 is 34.7 Å². The SMILES string of the molecule is COc1ccc(/C(O)=C2\C(=O)C(=O)N(c3ccc(F)c(Cl)c3)C2c2ccc(C(C)(C)C)cc2)c(C)c1. The van der Waals surface area contributed by atoms with E-state index < -0.39 is 23.5 Å². The molecule has 5 nitrogen and oxygen atoms in total. The number of aliphatic hydroxyl groups excluding tert-OH is 1. The van der Waals surface area contributed by atoms with Crippen LogP contribution >= 0.6 is 11.6 Å². The molecule has 1 fully saturated rings. The molecule has 7 heteroatoms. The van der Waals surface area contributed by atoms with E-state index in [2.05, 4.69) is 20.8 Å². The molecule has 1 amide bonds. The average molecular weight is 508 g/mol. The van der Waals surface area contributed by atoms with Gasteiger partial charge in [0.2, 0.25) is 0 Å². The molecule has 3 aromatic carbocycles. The first kappa shape index (κ1) is 25.5. The van der Waals surface area contributed by atoms with Gasteiger partial charge in [0.15, 0.2) is 0 Å². The van der Waals surface area contributed by atoms with Crippen molar-refractivity contribution in [3.05, 3.63) is 99.3 Å². The van der Waals surface area contributed by atoms with Crippen molar-refractivity contribution in [3.8, 4) is 5.75 Å². The van der Waals surface area contributed by atoms with Gasteiger partial charge in [0.05, 0.1) is 23.7 Å². The van der Waals surface area contributed by atoms with Crippen LogP contribution in [0.2, 0.25) is 5.02 Å². The number of ether oxygens (including phenoxy) is 1. The van der Waals surface area contributed by atoms with Gasteiger partial charge in [-0.05, 0) is 65.4 Å². The largest absolute Gasteiger partial charge is 0.507 e. The maximum Gasteiger partial charge on any atom is 0.300 e. The highest BCUT2D eigenvalue weighted by molar-refractivity contribution is 6.51. The van der Waals surface area contributed by atoms with E-state index in [9.17, 15) is 19.1 Å². The molecule has 4 rings (SSSR count). The zero-order valence-electron chi connectivity index (χ0n) is 20.7. The topological polar surface area (TPSA) is 66.8 Å². The fraction of sp³-hybridized carbons (Fsp3) is 0.241. The Balaban J connectivity index is 1.95. The van der Waals surface area contributed by atoms with Crippen molar-refractivity contribution < 1.29 is 23.8 Å². The number of methoxy groups -OCH3 is 1. The quantitative estimate of drug-likeness (QED) is 0.242. The van der Waals surface area contributed by atoms with Gasteiger partial charge in [0, 0.05) is 11.3 Å². The Morgan fingerprint density at radius 3 is 2.25 bits per heavy atom. The summed E-state index contributed by atoms with van der Waals surface area (Å²) in [5, 5.41) is 11.2. The minimum Gasteiger partial charge on any atom is -0.507 e. The minimum atomic E-state index is -0.943. The summed E-state index contributed by atoms with van der Waals surface area (Å²) in [6.07, 6.45) is 0. The molecule has 1 saturated heterocycles. The molecule has 0 saturated carbocycles. The van der Waals surface area contributed by atoms with Crippen LogP contribution in [0.4, 0.5) is 10.1 Å². The van der Waals surface area contributed by atoms with Crippen molar-refractivity contribution in [1.82, 2.24) is 0 Å². The third-order valence-corrected chi connectivity index (χ3v) is 6.70. The molecule has 0 aliphatic carbocycles. The van der Waals surface area contributed by atoms with E-state index in [-0.39, 0.29) is 27.5 Å². The lowest BCUT2D eigenvalue weighted by molar-refractivity contribution is -0.132. The molecule has 1 aliphatic rings. The monoisotopic (exact) mass is 507 g/mol. The number of anilines is 1. The minimum absolute atomic E-state index is 0.0581. The summed E-state index contributed by atoms with van der Waals surface area (Å²) < 4.78 is 19.2. The maximum atomic E-state index is 13.9. The van der Waals surface area contributed by atoms with Gasteiger partial charge in [-0.1, -0.05) is 56.6 Å². The fourth-order valence-corrected chi connectivity index (χ4v) is 4.56. The number of hydrogen-bond acceptors (Lipinski definition) is 4. The second-order valence-corrected chi connectivity index (χ2v) is 10.2. The molecule has 1 atom stereocenters.